The Morgan fingerprint density at radius 1 is 1.18 bits per heavy atom. The first-order valence-electron chi connectivity index (χ1n) is 12.2. The van der Waals surface area contributed by atoms with Gasteiger partial charge < -0.3 is 15.7 Å². The number of sulfone groups is 1. The van der Waals surface area contributed by atoms with Crippen LogP contribution in [0.25, 0.3) is 0 Å². The van der Waals surface area contributed by atoms with Crippen LogP contribution in [-0.4, -0.2) is 58.4 Å². The number of hydrogen-bond donors (Lipinski definition) is 3. The monoisotopic (exact) mass is 586 g/mol. The molecule has 1 aliphatic carbocycles. The number of hydrogen-bond acceptors (Lipinski definition) is 7. The number of nitrogens with zero attached hydrogens (tertiary/aromatic N) is 2. The number of unbranched alkanes of at least 4 members (excludes halogenated alkanes) is 1. The molecule has 0 spiro atoms. The minimum Gasteiger partial charge on any atom is -0.480 e. The Morgan fingerprint density at radius 2 is 1.85 bits per heavy atom. The Kier molecular flexibility index (Phi) is 9.64. The lowest BCUT2D eigenvalue weighted by Crippen LogP contribution is -2.51. The van der Waals surface area contributed by atoms with Crippen LogP contribution in [0, 0.1) is 5.41 Å². The molecule has 39 heavy (non-hydrogen) atoms. The number of carbonyl (C=O) groups excluding carboxylic acids is 1. The summed E-state index contributed by atoms with van der Waals surface area (Å²) in [6, 6.07) is 5.01. The number of aliphatic carboxylic acids is 1. The van der Waals surface area contributed by atoms with Gasteiger partial charge in [0.25, 0.3) is 5.91 Å². The number of benzene rings is 1. The fraction of sp³-hybridized carbons (Fsp3) is 0.480. The summed E-state index contributed by atoms with van der Waals surface area (Å²) < 4.78 is 62.2. The standard InChI is InChI=1S/C25H29F3N4O5S2/c1-39(36,37)12-3-2-9-24(10-4-11-24)23(38)32-19(22(34)35)13-16-5-7-17(8-6-16)31-21(33)18-14-29-15-30-20(18)25(26,27)28/h5-8,14-15,19H,2-4,9-13H2,1H3,(H,31,33)(H,32,38)(H,34,35). The number of thiocarbonyl (C=S) groups is 1. The molecule has 0 saturated heterocycles. The zero-order chi connectivity index (χ0) is 28.8. The van der Waals surface area contributed by atoms with E-state index in [4.69, 9.17) is 12.2 Å². The van der Waals surface area contributed by atoms with Gasteiger partial charge in [0.15, 0.2) is 5.69 Å². The molecule has 1 fully saturated rings. The van der Waals surface area contributed by atoms with Crippen molar-refractivity contribution in [1.82, 2.24) is 15.3 Å². The summed E-state index contributed by atoms with van der Waals surface area (Å²) in [7, 11) is -3.05. The van der Waals surface area contributed by atoms with E-state index in [-0.39, 0.29) is 23.3 Å². The van der Waals surface area contributed by atoms with E-state index in [0.29, 0.717) is 36.1 Å². The number of anilines is 1. The number of rotatable bonds is 12. The molecule has 1 atom stereocenters. The summed E-state index contributed by atoms with van der Waals surface area (Å²) in [5.41, 5.74) is -1.61. The third-order valence-corrected chi connectivity index (χ3v) is 8.27. The molecule has 1 amide bonds. The Bertz CT molecular complexity index is 1310. The number of aromatic nitrogens is 2. The normalized spacial score (nSPS) is 15.6. The van der Waals surface area contributed by atoms with Crippen molar-refractivity contribution < 1.29 is 36.3 Å². The van der Waals surface area contributed by atoms with Gasteiger partial charge in [0.1, 0.15) is 22.2 Å². The summed E-state index contributed by atoms with van der Waals surface area (Å²) in [6.07, 6.45) is 2.36. The second-order valence-corrected chi connectivity index (χ2v) is 12.4. The number of alkyl halides is 3. The molecular weight excluding hydrogens is 557 g/mol. The number of amides is 1. The number of carboxylic acids is 1. The molecule has 1 unspecified atom stereocenters. The highest BCUT2D eigenvalue weighted by Gasteiger charge is 2.41. The molecule has 0 radical (unpaired) electrons. The average molecular weight is 587 g/mol. The predicted octanol–water partition coefficient (Wildman–Crippen LogP) is 4.05. The molecule has 2 aromatic rings. The molecule has 1 aliphatic rings. The maximum atomic E-state index is 13.1. The van der Waals surface area contributed by atoms with Crippen LogP contribution in [-0.2, 0) is 27.2 Å². The summed E-state index contributed by atoms with van der Waals surface area (Å²) in [4.78, 5) is 31.5. The van der Waals surface area contributed by atoms with Crippen LogP contribution in [0.15, 0.2) is 36.8 Å². The van der Waals surface area contributed by atoms with Crippen LogP contribution in [0.1, 0.15) is 60.1 Å². The van der Waals surface area contributed by atoms with Crippen molar-refractivity contribution in [2.24, 2.45) is 5.41 Å². The van der Waals surface area contributed by atoms with E-state index in [2.05, 4.69) is 20.6 Å². The van der Waals surface area contributed by atoms with Crippen molar-refractivity contribution in [3.63, 3.8) is 0 Å². The van der Waals surface area contributed by atoms with Crippen LogP contribution >= 0.6 is 12.2 Å². The van der Waals surface area contributed by atoms with E-state index >= 15 is 0 Å². The largest absolute Gasteiger partial charge is 0.480 e. The van der Waals surface area contributed by atoms with Crippen molar-refractivity contribution in [2.75, 3.05) is 17.3 Å². The van der Waals surface area contributed by atoms with Gasteiger partial charge >= 0.3 is 12.1 Å². The number of nitrogens with one attached hydrogen (secondary N) is 2. The topological polar surface area (TPSA) is 138 Å². The molecule has 3 rings (SSSR count). The van der Waals surface area contributed by atoms with Gasteiger partial charge in [-0.1, -0.05) is 37.2 Å². The Balaban J connectivity index is 1.61. The second-order valence-electron chi connectivity index (χ2n) is 9.72. The smallest absolute Gasteiger partial charge is 0.434 e. The molecule has 3 N–H and O–H groups in total. The SMILES string of the molecule is CS(=O)(=O)CCCCC1(C(=S)NC(Cc2ccc(NC(=O)c3cncnc3C(F)(F)F)cc2)C(=O)O)CCC1. The number of carbonyl (C=O) groups is 2. The van der Waals surface area contributed by atoms with E-state index in [9.17, 15) is 36.3 Å². The fourth-order valence-corrected chi connectivity index (χ4v) is 5.59. The van der Waals surface area contributed by atoms with Crippen molar-refractivity contribution in [2.45, 2.75) is 57.2 Å². The first kappa shape index (κ1) is 30.4. The van der Waals surface area contributed by atoms with Gasteiger partial charge in [-0.3, -0.25) is 4.79 Å². The van der Waals surface area contributed by atoms with Crippen LogP contribution in [0.3, 0.4) is 0 Å². The third-order valence-electron chi connectivity index (χ3n) is 6.69. The molecular formula is C25H29F3N4O5S2. The van der Waals surface area contributed by atoms with Crippen molar-refractivity contribution in [3.8, 4) is 0 Å². The van der Waals surface area contributed by atoms with Crippen LogP contribution in [0.4, 0.5) is 18.9 Å². The lowest BCUT2D eigenvalue weighted by Gasteiger charge is -2.43. The minimum absolute atomic E-state index is 0.0681. The Hall–Kier alpha value is -3.13. The van der Waals surface area contributed by atoms with E-state index in [1.165, 1.54) is 18.4 Å². The highest BCUT2D eigenvalue weighted by atomic mass is 32.2. The van der Waals surface area contributed by atoms with Gasteiger partial charge in [-0.2, -0.15) is 13.2 Å². The summed E-state index contributed by atoms with van der Waals surface area (Å²) in [5.74, 6) is -2.04. The molecule has 1 heterocycles. The zero-order valence-electron chi connectivity index (χ0n) is 21.1. The Morgan fingerprint density at radius 3 is 2.38 bits per heavy atom. The van der Waals surface area contributed by atoms with E-state index in [1.807, 2.05) is 0 Å². The summed E-state index contributed by atoms with van der Waals surface area (Å²) >= 11 is 5.59. The van der Waals surface area contributed by atoms with Gasteiger partial charge in [0, 0.05) is 35.7 Å². The Labute approximate surface area is 229 Å². The van der Waals surface area contributed by atoms with Crippen LogP contribution < -0.4 is 10.6 Å². The summed E-state index contributed by atoms with van der Waals surface area (Å²) in [6.45, 7) is 0. The van der Waals surface area contributed by atoms with E-state index < -0.39 is 45.2 Å². The maximum absolute atomic E-state index is 13.1. The first-order valence-corrected chi connectivity index (χ1v) is 14.7. The third kappa shape index (κ3) is 8.43. The molecule has 9 nitrogen and oxygen atoms in total. The molecule has 1 aromatic heterocycles. The molecule has 212 valence electrons. The number of carboxylic acid groups (broad SMARTS) is 1. The lowest BCUT2D eigenvalue weighted by molar-refractivity contribution is -0.141. The maximum Gasteiger partial charge on any atom is 0.434 e. The lowest BCUT2D eigenvalue weighted by atomic mass is 9.65. The highest BCUT2D eigenvalue weighted by Crippen LogP contribution is 2.46. The van der Waals surface area contributed by atoms with E-state index in [1.54, 1.807) is 12.1 Å². The van der Waals surface area contributed by atoms with Crippen LogP contribution in [0.5, 0.6) is 0 Å². The van der Waals surface area contributed by atoms with Gasteiger partial charge in [-0.25, -0.2) is 23.2 Å². The van der Waals surface area contributed by atoms with Gasteiger partial charge in [0.2, 0.25) is 0 Å². The van der Waals surface area contributed by atoms with Crippen molar-refractivity contribution in [1.29, 1.82) is 0 Å². The molecule has 1 saturated carbocycles. The predicted molar refractivity (Wildman–Crippen MR) is 142 cm³/mol. The summed E-state index contributed by atoms with van der Waals surface area (Å²) in [5, 5.41) is 15.1. The van der Waals surface area contributed by atoms with Crippen molar-refractivity contribution in [3.05, 3.63) is 53.6 Å². The molecule has 1 aromatic carbocycles. The molecule has 0 bridgehead atoms. The molecule has 14 heteroatoms. The van der Waals surface area contributed by atoms with E-state index in [0.717, 1.165) is 25.5 Å². The van der Waals surface area contributed by atoms with Crippen molar-refractivity contribution >= 4 is 44.6 Å². The van der Waals surface area contributed by atoms with Gasteiger partial charge in [0.05, 0.1) is 10.6 Å². The quantitative estimate of drug-likeness (QED) is 0.248. The minimum atomic E-state index is -4.83. The fourth-order valence-electron chi connectivity index (χ4n) is 4.41. The van der Waals surface area contributed by atoms with Gasteiger partial charge in [-0.05, 0) is 43.4 Å². The first-order chi connectivity index (χ1) is 18.2. The van der Waals surface area contributed by atoms with Crippen LogP contribution in [0.2, 0.25) is 0 Å². The highest BCUT2D eigenvalue weighted by molar-refractivity contribution is 7.90. The average Bonchev–Trinajstić information content (AvgIpc) is 2.82. The second kappa shape index (κ2) is 12.4. The zero-order valence-corrected chi connectivity index (χ0v) is 22.8. The van der Waals surface area contributed by atoms with Gasteiger partial charge in [-0.15, -0.1) is 0 Å². The molecule has 0 aliphatic heterocycles. The number of halogens is 3.